The van der Waals surface area contributed by atoms with Gasteiger partial charge in [0.05, 0.1) is 0 Å². The van der Waals surface area contributed by atoms with Crippen molar-refractivity contribution in [3.63, 3.8) is 0 Å². The van der Waals surface area contributed by atoms with Crippen molar-refractivity contribution in [2.45, 2.75) is 39.3 Å². The second-order valence-electron chi connectivity index (χ2n) is 3.45. The van der Waals surface area contributed by atoms with Crippen molar-refractivity contribution in [1.82, 2.24) is 0 Å². The molecule has 0 unspecified atom stereocenters. The Morgan fingerprint density at radius 1 is 1.25 bits per heavy atom. The average molecular weight is 264 g/mol. The number of rotatable bonds is 9. The van der Waals surface area contributed by atoms with Crippen LogP contribution >= 0.6 is 11.8 Å². The molecule has 0 saturated carbocycles. The number of hydrogen-bond donors (Lipinski definition) is 2. The maximum atomic E-state index is 7.13. The van der Waals surface area contributed by atoms with Crippen LogP contribution in [0.25, 0.3) is 0 Å². The van der Waals surface area contributed by atoms with Gasteiger partial charge in [-0.05, 0) is 32.4 Å². The van der Waals surface area contributed by atoms with E-state index in [9.17, 15) is 0 Å². The quantitative estimate of drug-likeness (QED) is 0.291. The molecule has 16 heavy (non-hydrogen) atoms. The van der Waals surface area contributed by atoms with Gasteiger partial charge in [0.1, 0.15) is 0 Å². The molecule has 0 aliphatic carbocycles. The lowest BCUT2D eigenvalue weighted by Gasteiger charge is -2.28. The number of hydrogen-bond acceptors (Lipinski definition) is 4. The second-order valence-corrected chi connectivity index (χ2v) is 8.19. The van der Waals surface area contributed by atoms with E-state index in [4.69, 9.17) is 20.0 Å². The molecule has 0 rings (SSSR count). The van der Waals surface area contributed by atoms with E-state index in [1.807, 2.05) is 13.8 Å². The molecule has 0 spiro atoms. The number of amidine groups is 1. The molecule has 0 fully saturated rings. The molecule has 3 N–H and O–H groups in total. The van der Waals surface area contributed by atoms with Crippen LogP contribution in [0.4, 0.5) is 0 Å². The third kappa shape index (κ3) is 6.52. The summed E-state index contributed by atoms with van der Waals surface area (Å²) in [6, 6.07) is 1.98. The topological polar surface area (TPSA) is 68.3 Å². The fourth-order valence-corrected chi connectivity index (χ4v) is 5.28. The third-order valence-corrected chi connectivity index (χ3v) is 6.94. The lowest BCUT2D eigenvalue weighted by molar-refractivity contribution is 0.183. The second kappa shape index (κ2) is 9.04. The smallest absolute Gasteiger partial charge is 0.337 e. The summed E-state index contributed by atoms with van der Waals surface area (Å²) < 4.78 is 11.7. The Hall–Kier alpha value is -0.0431. The van der Waals surface area contributed by atoms with Gasteiger partial charge in [-0.25, -0.2) is 0 Å². The Morgan fingerprint density at radius 3 is 2.19 bits per heavy atom. The SMILES string of the molecule is CCO[Si](CC)(CCCSC(=N)N)OCC. The Labute approximate surface area is 104 Å². The third-order valence-electron chi connectivity index (χ3n) is 2.31. The van der Waals surface area contributed by atoms with Crippen molar-refractivity contribution < 1.29 is 8.85 Å². The maximum absolute atomic E-state index is 7.13. The van der Waals surface area contributed by atoms with Gasteiger partial charge in [0.25, 0.3) is 0 Å². The Balaban J connectivity index is 4.03. The summed E-state index contributed by atoms with van der Waals surface area (Å²) in [5, 5.41) is 7.32. The molecule has 96 valence electrons. The van der Waals surface area contributed by atoms with Gasteiger partial charge in [-0.1, -0.05) is 18.7 Å². The lowest BCUT2D eigenvalue weighted by Crippen LogP contribution is -2.41. The van der Waals surface area contributed by atoms with Crippen molar-refractivity contribution in [3.8, 4) is 0 Å². The maximum Gasteiger partial charge on any atom is 0.337 e. The van der Waals surface area contributed by atoms with Gasteiger partial charge < -0.3 is 14.6 Å². The van der Waals surface area contributed by atoms with E-state index in [1.54, 1.807) is 0 Å². The largest absolute Gasteiger partial charge is 0.394 e. The van der Waals surface area contributed by atoms with E-state index in [-0.39, 0.29) is 5.17 Å². The van der Waals surface area contributed by atoms with Crippen molar-refractivity contribution in [2.75, 3.05) is 19.0 Å². The van der Waals surface area contributed by atoms with E-state index in [1.165, 1.54) is 11.8 Å². The number of thioether (sulfide) groups is 1. The zero-order chi connectivity index (χ0) is 12.4. The van der Waals surface area contributed by atoms with Crippen LogP contribution in [0.2, 0.25) is 12.1 Å². The van der Waals surface area contributed by atoms with E-state index in [0.717, 1.165) is 37.5 Å². The highest BCUT2D eigenvalue weighted by atomic mass is 32.2. The monoisotopic (exact) mass is 264 g/mol. The first-order valence-corrected chi connectivity index (χ1v) is 9.06. The predicted octanol–water partition coefficient (Wildman–Crippen LogP) is 2.54. The highest BCUT2D eigenvalue weighted by Gasteiger charge is 2.34. The van der Waals surface area contributed by atoms with Crippen molar-refractivity contribution >= 4 is 25.5 Å². The molecule has 0 aromatic carbocycles. The molecular weight excluding hydrogens is 240 g/mol. The molecule has 0 amide bonds. The summed E-state index contributed by atoms with van der Waals surface area (Å²) in [6.45, 7) is 7.61. The first-order chi connectivity index (χ1) is 7.60. The molecule has 0 aliphatic rings. The Bertz CT molecular complexity index is 199. The summed E-state index contributed by atoms with van der Waals surface area (Å²) in [6.07, 6.45) is 1.00. The first kappa shape index (κ1) is 16.0. The number of nitrogens with two attached hydrogens (primary N) is 1. The van der Waals surface area contributed by atoms with E-state index in [0.29, 0.717) is 0 Å². The van der Waals surface area contributed by atoms with Crippen LogP contribution in [-0.2, 0) is 8.85 Å². The van der Waals surface area contributed by atoms with E-state index >= 15 is 0 Å². The van der Waals surface area contributed by atoms with Gasteiger partial charge in [0, 0.05) is 19.0 Å². The lowest BCUT2D eigenvalue weighted by atomic mass is 10.6. The molecule has 0 saturated heterocycles. The zero-order valence-corrected chi connectivity index (χ0v) is 12.4. The Kier molecular flexibility index (Phi) is 9.01. The van der Waals surface area contributed by atoms with Crippen molar-refractivity contribution in [2.24, 2.45) is 5.73 Å². The van der Waals surface area contributed by atoms with Gasteiger partial charge >= 0.3 is 8.56 Å². The van der Waals surface area contributed by atoms with Gasteiger partial charge in [-0.15, -0.1) is 0 Å². The fraction of sp³-hybridized carbons (Fsp3) is 0.900. The summed E-state index contributed by atoms with van der Waals surface area (Å²) in [5.41, 5.74) is 5.29. The van der Waals surface area contributed by atoms with Crippen LogP contribution in [-0.4, -0.2) is 32.7 Å². The molecule has 0 bridgehead atoms. The standard InChI is InChI=1S/C10H24N2O2SSi/c1-4-13-16(6-3,14-5-2)9-7-8-15-10(11)12/h4-9H2,1-3H3,(H3,11,12). The minimum Gasteiger partial charge on any atom is -0.394 e. The van der Waals surface area contributed by atoms with Crippen LogP contribution in [0.15, 0.2) is 0 Å². The summed E-state index contributed by atoms with van der Waals surface area (Å²) in [5.74, 6) is 0.879. The van der Waals surface area contributed by atoms with Crippen molar-refractivity contribution in [3.05, 3.63) is 0 Å². The Morgan fingerprint density at radius 2 is 1.81 bits per heavy atom. The molecule has 4 nitrogen and oxygen atoms in total. The van der Waals surface area contributed by atoms with Gasteiger partial charge in [-0.2, -0.15) is 0 Å². The van der Waals surface area contributed by atoms with Gasteiger partial charge in [0.2, 0.25) is 0 Å². The summed E-state index contributed by atoms with van der Waals surface area (Å²) in [4.78, 5) is 0. The van der Waals surface area contributed by atoms with Crippen LogP contribution in [0.1, 0.15) is 27.2 Å². The van der Waals surface area contributed by atoms with Crippen molar-refractivity contribution in [1.29, 1.82) is 5.41 Å². The molecular formula is C10H24N2O2SSi. The highest BCUT2D eigenvalue weighted by Crippen LogP contribution is 2.22. The minimum absolute atomic E-state index is 0.191. The van der Waals surface area contributed by atoms with E-state index in [2.05, 4.69) is 6.92 Å². The fourth-order valence-electron chi connectivity index (χ4n) is 1.62. The molecule has 0 aromatic heterocycles. The molecule has 0 radical (unpaired) electrons. The number of nitrogens with one attached hydrogen (secondary N) is 1. The average Bonchev–Trinajstić information content (AvgIpc) is 2.24. The van der Waals surface area contributed by atoms with Crippen LogP contribution in [0.3, 0.4) is 0 Å². The molecule has 0 heterocycles. The van der Waals surface area contributed by atoms with Crippen LogP contribution in [0, 0.1) is 5.41 Å². The molecule has 6 heteroatoms. The van der Waals surface area contributed by atoms with Crippen LogP contribution < -0.4 is 5.73 Å². The van der Waals surface area contributed by atoms with Gasteiger partial charge in [0.15, 0.2) is 5.17 Å². The summed E-state index contributed by atoms with van der Waals surface area (Å²) in [7, 11) is -1.97. The summed E-state index contributed by atoms with van der Waals surface area (Å²) >= 11 is 1.39. The van der Waals surface area contributed by atoms with Gasteiger partial charge in [-0.3, -0.25) is 5.41 Å². The minimum atomic E-state index is -1.97. The molecule has 0 aromatic rings. The normalized spacial score (nSPS) is 11.7. The molecule has 0 aliphatic heterocycles. The van der Waals surface area contributed by atoms with E-state index < -0.39 is 8.56 Å². The molecule has 0 atom stereocenters. The zero-order valence-electron chi connectivity index (χ0n) is 10.5. The first-order valence-electron chi connectivity index (χ1n) is 5.85. The highest BCUT2D eigenvalue weighted by molar-refractivity contribution is 8.13. The van der Waals surface area contributed by atoms with Crippen LogP contribution in [0.5, 0.6) is 0 Å². The predicted molar refractivity (Wildman–Crippen MR) is 73.3 cm³/mol.